The summed E-state index contributed by atoms with van der Waals surface area (Å²) in [5.41, 5.74) is 0.0942. The first-order chi connectivity index (χ1) is 8.24. The van der Waals surface area contributed by atoms with Crippen LogP contribution in [0, 0.1) is 0 Å². The predicted octanol–water partition coefficient (Wildman–Crippen LogP) is 2.46. The number of unbranched alkanes of at least 4 members (excludes halogenated alkanes) is 1. The molecule has 0 aromatic carbocycles. The van der Waals surface area contributed by atoms with Crippen molar-refractivity contribution in [3.05, 3.63) is 11.1 Å². The molecule has 0 radical (unpaired) electrons. The van der Waals surface area contributed by atoms with Gasteiger partial charge in [0.1, 0.15) is 0 Å². The van der Waals surface area contributed by atoms with E-state index in [1.165, 1.54) is 16.7 Å². The molecule has 0 saturated heterocycles. The number of rotatable bonds is 9. The summed E-state index contributed by atoms with van der Waals surface area (Å²) in [5.74, 6) is -0.989. The molecule has 0 atom stereocenters. The fraction of sp³-hybridized carbons (Fsp3) is 0.636. The van der Waals surface area contributed by atoms with E-state index in [4.69, 9.17) is 9.84 Å². The van der Waals surface area contributed by atoms with Gasteiger partial charge in [0.2, 0.25) is 0 Å². The highest BCUT2D eigenvalue weighted by atomic mass is 32.1. The molecule has 6 heteroatoms. The second-order valence-corrected chi connectivity index (χ2v) is 4.45. The fourth-order valence-electron chi connectivity index (χ4n) is 1.17. The Morgan fingerprint density at radius 2 is 2.29 bits per heavy atom. The highest BCUT2D eigenvalue weighted by Crippen LogP contribution is 2.14. The van der Waals surface area contributed by atoms with Crippen molar-refractivity contribution in [2.45, 2.75) is 26.2 Å². The largest absolute Gasteiger partial charge is 0.476 e. The van der Waals surface area contributed by atoms with Crippen LogP contribution in [0.2, 0.25) is 0 Å². The Labute approximate surface area is 105 Å². The third-order valence-electron chi connectivity index (χ3n) is 2.11. The number of anilines is 1. The number of carboxylic acids is 1. The van der Waals surface area contributed by atoms with Gasteiger partial charge in [0, 0.05) is 25.1 Å². The lowest BCUT2D eigenvalue weighted by atomic mass is 10.4. The van der Waals surface area contributed by atoms with Gasteiger partial charge in [-0.05, 0) is 12.8 Å². The molecule has 0 aliphatic carbocycles. The number of nitrogens with one attached hydrogen (secondary N) is 1. The van der Waals surface area contributed by atoms with E-state index in [1.54, 1.807) is 0 Å². The van der Waals surface area contributed by atoms with Gasteiger partial charge >= 0.3 is 5.97 Å². The zero-order valence-corrected chi connectivity index (χ0v) is 10.8. The number of thiazole rings is 1. The van der Waals surface area contributed by atoms with Gasteiger partial charge in [0.25, 0.3) is 0 Å². The van der Waals surface area contributed by atoms with E-state index < -0.39 is 5.97 Å². The van der Waals surface area contributed by atoms with Crippen molar-refractivity contribution in [2.75, 3.05) is 25.1 Å². The number of ether oxygens (including phenoxy) is 1. The lowest BCUT2D eigenvalue weighted by molar-refractivity contribution is 0.0691. The second kappa shape index (κ2) is 8.03. The molecule has 1 heterocycles. The Morgan fingerprint density at radius 1 is 1.53 bits per heavy atom. The van der Waals surface area contributed by atoms with Gasteiger partial charge in [-0.2, -0.15) is 0 Å². The molecule has 5 nitrogen and oxygen atoms in total. The van der Waals surface area contributed by atoms with Crippen LogP contribution in [0.1, 0.15) is 36.7 Å². The molecule has 2 N–H and O–H groups in total. The summed E-state index contributed by atoms with van der Waals surface area (Å²) in [6.45, 7) is 4.42. The fourth-order valence-corrected chi connectivity index (χ4v) is 1.88. The van der Waals surface area contributed by atoms with Crippen molar-refractivity contribution in [3.8, 4) is 0 Å². The number of carbonyl (C=O) groups is 1. The van der Waals surface area contributed by atoms with Crippen molar-refractivity contribution in [2.24, 2.45) is 0 Å². The van der Waals surface area contributed by atoms with Gasteiger partial charge in [0.15, 0.2) is 10.8 Å². The van der Waals surface area contributed by atoms with E-state index in [0.717, 1.165) is 39.0 Å². The molecule has 0 unspecified atom stereocenters. The van der Waals surface area contributed by atoms with E-state index >= 15 is 0 Å². The van der Waals surface area contributed by atoms with Crippen molar-refractivity contribution < 1.29 is 14.6 Å². The van der Waals surface area contributed by atoms with Crippen LogP contribution in [0.15, 0.2) is 5.38 Å². The highest BCUT2D eigenvalue weighted by Gasteiger charge is 2.07. The van der Waals surface area contributed by atoms with Crippen LogP contribution < -0.4 is 5.32 Å². The third-order valence-corrected chi connectivity index (χ3v) is 2.91. The van der Waals surface area contributed by atoms with Crippen LogP contribution in [0.5, 0.6) is 0 Å². The number of hydrogen-bond acceptors (Lipinski definition) is 5. The van der Waals surface area contributed by atoms with E-state index in [-0.39, 0.29) is 5.69 Å². The van der Waals surface area contributed by atoms with Crippen LogP contribution >= 0.6 is 11.3 Å². The number of carboxylic acid groups (broad SMARTS) is 1. The van der Waals surface area contributed by atoms with E-state index in [9.17, 15) is 4.79 Å². The number of aromatic carboxylic acids is 1. The third kappa shape index (κ3) is 5.65. The van der Waals surface area contributed by atoms with Gasteiger partial charge < -0.3 is 15.2 Å². The van der Waals surface area contributed by atoms with Crippen LogP contribution in [-0.2, 0) is 4.74 Å². The summed E-state index contributed by atoms with van der Waals surface area (Å²) in [5, 5.41) is 13.9. The van der Waals surface area contributed by atoms with Crippen LogP contribution in [0.3, 0.4) is 0 Å². The normalized spacial score (nSPS) is 10.4. The molecule has 0 aliphatic heterocycles. The second-order valence-electron chi connectivity index (χ2n) is 3.59. The topological polar surface area (TPSA) is 71.5 Å². The summed E-state index contributed by atoms with van der Waals surface area (Å²) >= 11 is 1.31. The maximum absolute atomic E-state index is 10.6. The lowest BCUT2D eigenvalue weighted by Crippen LogP contribution is -2.06. The molecular weight excluding hydrogens is 240 g/mol. The molecule has 1 aromatic heterocycles. The van der Waals surface area contributed by atoms with Gasteiger partial charge in [-0.1, -0.05) is 13.3 Å². The Hall–Kier alpha value is -1.14. The maximum Gasteiger partial charge on any atom is 0.355 e. The average Bonchev–Trinajstić information content (AvgIpc) is 2.77. The van der Waals surface area contributed by atoms with E-state index in [1.807, 2.05) is 0 Å². The molecule has 0 bridgehead atoms. The van der Waals surface area contributed by atoms with Crippen molar-refractivity contribution in [3.63, 3.8) is 0 Å². The molecule has 0 amide bonds. The van der Waals surface area contributed by atoms with Gasteiger partial charge in [-0.3, -0.25) is 0 Å². The van der Waals surface area contributed by atoms with E-state index in [0.29, 0.717) is 5.13 Å². The Morgan fingerprint density at radius 3 is 2.94 bits per heavy atom. The molecule has 17 heavy (non-hydrogen) atoms. The molecule has 96 valence electrons. The zero-order valence-electron chi connectivity index (χ0n) is 9.94. The Bertz CT molecular complexity index is 341. The predicted molar refractivity (Wildman–Crippen MR) is 67.9 cm³/mol. The van der Waals surface area contributed by atoms with Gasteiger partial charge in [-0.25, -0.2) is 9.78 Å². The Kier molecular flexibility index (Phi) is 6.57. The quantitative estimate of drug-likeness (QED) is 0.666. The van der Waals surface area contributed by atoms with Crippen molar-refractivity contribution in [1.82, 2.24) is 4.98 Å². The molecular formula is C11H18N2O3S. The first kappa shape index (κ1) is 13.9. The standard InChI is InChI=1S/C11H18N2O3S/c1-2-3-6-16-7-4-5-12-11-13-9(8-17-11)10(14)15/h8H,2-7H2,1H3,(H,12,13)(H,14,15). The van der Waals surface area contributed by atoms with Crippen molar-refractivity contribution >= 4 is 22.4 Å². The number of nitrogens with zero attached hydrogens (tertiary/aromatic N) is 1. The van der Waals surface area contributed by atoms with Gasteiger partial charge in [-0.15, -0.1) is 11.3 Å². The molecule has 1 rings (SSSR count). The molecule has 0 saturated carbocycles. The smallest absolute Gasteiger partial charge is 0.355 e. The minimum Gasteiger partial charge on any atom is -0.476 e. The summed E-state index contributed by atoms with van der Waals surface area (Å²) in [4.78, 5) is 14.5. The van der Waals surface area contributed by atoms with Crippen LogP contribution in [0.25, 0.3) is 0 Å². The van der Waals surface area contributed by atoms with Crippen LogP contribution in [-0.4, -0.2) is 35.8 Å². The Balaban J connectivity index is 2.07. The highest BCUT2D eigenvalue weighted by molar-refractivity contribution is 7.13. The first-order valence-electron chi connectivity index (χ1n) is 5.74. The maximum atomic E-state index is 10.6. The van der Waals surface area contributed by atoms with Gasteiger partial charge in [0.05, 0.1) is 0 Å². The summed E-state index contributed by atoms with van der Waals surface area (Å²) < 4.78 is 5.40. The van der Waals surface area contributed by atoms with Crippen LogP contribution in [0.4, 0.5) is 5.13 Å². The van der Waals surface area contributed by atoms with Crippen molar-refractivity contribution in [1.29, 1.82) is 0 Å². The molecule has 0 aliphatic rings. The number of aromatic nitrogens is 1. The summed E-state index contributed by atoms with van der Waals surface area (Å²) in [7, 11) is 0. The summed E-state index contributed by atoms with van der Waals surface area (Å²) in [6.07, 6.45) is 3.14. The number of hydrogen-bond donors (Lipinski definition) is 2. The SMILES string of the molecule is CCCCOCCCNc1nc(C(=O)O)cs1. The minimum atomic E-state index is -0.989. The first-order valence-corrected chi connectivity index (χ1v) is 6.62. The average molecular weight is 258 g/mol. The lowest BCUT2D eigenvalue weighted by Gasteiger charge is -2.03. The minimum absolute atomic E-state index is 0.0942. The monoisotopic (exact) mass is 258 g/mol. The van der Waals surface area contributed by atoms with E-state index in [2.05, 4.69) is 17.2 Å². The molecule has 1 aromatic rings. The summed E-state index contributed by atoms with van der Waals surface area (Å²) in [6, 6.07) is 0. The molecule has 0 fully saturated rings. The molecule has 0 spiro atoms. The zero-order chi connectivity index (χ0) is 12.5.